The van der Waals surface area contributed by atoms with Crippen LogP contribution in [0.15, 0.2) is 48.5 Å². The second-order valence-electron chi connectivity index (χ2n) is 4.63. The summed E-state index contributed by atoms with van der Waals surface area (Å²) in [5.74, 6) is -0.405. The molecule has 0 spiro atoms. The largest absolute Gasteiger partial charge is 0.366 e. The molecule has 0 fully saturated rings. The summed E-state index contributed by atoms with van der Waals surface area (Å²) in [6.45, 7) is 1.98. The molecule has 0 unspecified atom stereocenters. The van der Waals surface area contributed by atoms with E-state index in [2.05, 4.69) is 4.98 Å². The normalized spacial score (nSPS) is 10.8. The topological polar surface area (TPSA) is 58.9 Å². The Morgan fingerprint density at radius 2 is 1.89 bits per heavy atom. The van der Waals surface area contributed by atoms with Gasteiger partial charge in [0.25, 0.3) is 0 Å². The number of benzene rings is 2. The Morgan fingerprint density at radius 3 is 2.63 bits per heavy atom. The van der Waals surface area contributed by atoms with Gasteiger partial charge in [0.1, 0.15) is 0 Å². The van der Waals surface area contributed by atoms with E-state index < -0.39 is 5.91 Å². The summed E-state index contributed by atoms with van der Waals surface area (Å²) in [5, 5.41) is 1.12. The van der Waals surface area contributed by atoms with E-state index >= 15 is 0 Å². The van der Waals surface area contributed by atoms with Crippen LogP contribution in [0.1, 0.15) is 15.9 Å². The van der Waals surface area contributed by atoms with E-state index in [1.54, 1.807) is 6.07 Å². The van der Waals surface area contributed by atoms with Crippen LogP contribution in [-0.4, -0.2) is 10.9 Å². The molecule has 0 aliphatic heterocycles. The molecule has 2 aromatic carbocycles. The van der Waals surface area contributed by atoms with Crippen molar-refractivity contribution in [3.8, 4) is 11.3 Å². The molecule has 1 aromatic heterocycles. The lowest BCUT2D eigenvalue weighted by molar-refractivity contribution is 0.100. The fraction of sp³-hybridized carbons (Fsp3) is 0.0625. The SMILES string of the molecule is Cc1cccc(C(N)=O)c1-c1cc2ccccc2[nH]1. The zero-order valence-electron chi connectivity index (χ0n) is 10.6. The molecule has 0 bridgehead atoms. The zero-order chi connectivity index (χ0) is 13.4. The van der Waals surface area contributed by atoms with Crippen molar-refractivity contribution in [3.63, 3.8) is 0 Å². The van der Waals surface area contributed by atoms with Crippen LogP contribution in [-0.2, 0) is 0 Å². The molecule has 3 aromatic rings. The van der Waals surface area contributed by atoms with Crippen LogP contribution < -0.4 is 5.73 Å². The maximum absolute atomic E-state index is 11.6. The summed E-state index contributed by atoms with van der Waals surface area (Å²) >= 11 is 0. The van der Waals surface area contributed by atoms with Crippen molar-refractivity contribution < 1.29 is 4.79 Å². The summed E-state index contributed by atoms with van der Waals surface area (Å²) in [6, 6.07) is 15.7. The Morgan fingerprint density at radius 1 is 1.11 bits per heavy atom. The monoisotopic (exact) mass is 250 g/mol. The molecule has 0 atom stereocenters. The number of para-hydroxylation sites is 1. The summed E-state index contributed by atoms with van der Waals surface area (Å²) in [6.07, 6.45) is 0. The van der Waals surface area contributed by atoms with Crippen molar-refractivity contribution >= 4 is 16.8 Å². The third kappa shape index (κ3) is 1.89. The third-order valence-corrected chi connectivity index (χ3v) is 3.34. The molecule has 1 amide bonds. The lowest BCUT2D eigenvalue weighted by atomic mass is 9.98. The molecule has 0 saturated carbocycles. The van der Waals surface area contributed by atoms with Gasteiger partial charge in [-0.1, -0.05) is 30.3 Å². The summed E-state index contributed by atoms with van der Waals surface area (Å²) in [5.41, 5.74) is 9.90. The minimum absolute atomic E-state index is 0.405. The standard InChI is InChI=1S/C16H14N2O/c1-10-5-4-7-12(16(17)19)15(10)14-9-11-6-2-3-8-13(11)18-14/h2-9,18H,1H3,(H2,17,19). The molecule has 3 heteroatoms. The second kappa shape index (κ2) is 4.28. The smallest absolute Gasteiger partial charge is 0.249 e. The van der Waals surface area contributed by atoms with Crippen molar-refractivity contribution in [2.24, 2.45) is 5.73 Å². The molecule has 1 heterocycles. The highest BCUT2D eigenvalue weighted by molar-refractivity contribution is 6.01. The van der Waals surface area contributed by atoms with E-state index in [1.165, 1.54) is 0 Å². The summed E-state index contributed by atoms with van der Waals surface area (Å²) < 4.78 is 0. The van der Waals surface area contributed by atoms with E-state index in [-0.39, 0.29) is 0 Å². The Hall–Kier alpha value is -2.55. The first kappa shape index (κ1) is 11.5. The van der Waals surface area contributed by atoms with Gasteiger partial charge in [-0.25, -0.2) is 0 Å². The van der Waals surface area contributed by atoms with Crippen molar-refractivity contribution in [2.45, 2.75) is 6.92 Å². The molecule has 19 heavy (non-hydrogen) atoms. The molecular weight excluding hydrogens is 236 g/mol. The number of carbonyl (C=O) groups is 1. The number of carbonyl (C=O) groups excluding carboxylic acids is 1. The highest BCUT2D eigenvalue weighted by atomic mass is 16.1. The highest BCUT2D eigenvalue weighted by Crippen LogP contribution is 2.29. The minimum atomic E-state index is -0.405. The van der Waals surface area contributed by atoms with Crippen LogP contribution in [0.4, 0.5) is 0 Å². The first-order chi connectivity index (χ1) is 9.16. The molecule has 3 N–H and O–H groups in total. The number of nitrogens with one attached hydrogen (secondary N) is 1. The third-order valence-electron chi connectivity index (χ3n) is 3.34. The molecule has 3 nitrogen and oxygen atoms in total. The number of hydrogen-bond donors (Lipinski definition) is 2. The van der Waals surface area contributed by atoms with E-state index in [9.17, 15) is 4.79 Å². The molecule has 94 valence electrons. The van der Waals surface area contributed by atoms with Crippen molar-refractivity contribution in [1.82, 2.24) is 4.98 Å². The minimum Gasteiger partial charge on any atom is -0.366 e. The molecular formula is C16H14N2O. The van der Waals surface area contributed by atoms with Crippen LogP contribution in [0.2, 0.25) is 0 Å². The molecule has 0 radical (unpaired) electrons. The zero-order valence-corrected chi connectivity index (χ0v) is 10.6. The van der Waals surface area contributed by atoms with Crippen molar-refractivity contribution in [3.05, 3.63) is 59.7 Å². The fourth-order valence-electron chi connectivity index (χ4n) is 2.44. The Kier molecular flexibility index (Phi) is 2.60. The van der Waals surface area contributed by atoms with Gasteiger partial charge in [0, 0.05) is 27.7 Å². The molecule has 3 rings (SSSR count). The number of amides is 1. The summed E-state index contributed by atoms with van der Waals surface area (Å²) in [4.78, 5) is 14.9. The number of aryl methyl sites for hydroxylation is 1. The lowest BCUT2D eigenvalue weighted by Crippen LogP contribution is -2.13. The quantitative estimate of drug-likeness (QED) is 0.720. The number of H-pyrrole nitrogens is 1. The number of hydrogen-bond acceptors (Lipinski definition) is 1. The number of aromatic nitrogens is 1. The highest BCUT2D eigenvalue weighted by Gasteiger charge is 2.14. The van der Waals surface area contributed by atoms with Crippen LogP contribution in [0, 0.1) is 6.92 Å². The average Bonchev–Trinajstić information content (AvgIpc) is 2.81. The van der Waals surface area contributed by atoms with E-state index in [0.717, 1.165) is 27.7 Å². The Balaban J connectivity index is 2.29. The molecule has 0 aliphatic rings. The molecule has 0 aliphatic carbocycles. The number of nitrogens with two attached hydrogens (primary N) is 1. The predicted octanol–water partition coefficient (Wildman–Crippen LogP) is 3.24. The van der Waals surface area contributed by atoms with Crippen molar-refractivity contribution in [2.75, 3.05) is 0 Å². The van der Waals surface area contributed by atoms with Crippen LogP contribution in [0.5, 0.6) is 0 Å². The van der Waals surface area contributed by atoms with Gasteiger partial charge in [-0.05, 0) is 30.7 Å². The average molecular weight is 250 g/mol. The van der Waals surface area contributed by atoms with Gasteiger partial charge in [-0.2, -0.15) is 0 Å². The first-order valence-corrected chi connectivity index (χ1v) is 6.14. The van der Waals surface area contributed by atoms with Gasteiger partial charge in [0.2, 0.25) is 5.91 Å². The van der Waals surface area contributed by atoms with E-state index in [0.29, 0.717) is 5.56 Å². The number of aromatic amines is 1. The van der Waals surface area contributed by atoms with Gasteiger partial charge in [-0.15, -0.1) is 0 Å². The van der Waals surface area contributed by atoms with Crippen LogP contribution >= 0.6 is 0 Å². The first-order valence-electron chi connectivity index (χ1n) is 6.14. The van der Waals surface area contributed by atoms with Crippen LogP contribution in [0.3, 0.4) is 0 Å². The Labute approximate surface area is 111 Å². The van der Waals surface area contributed by atoms with E-state index in [1.807, 2.05) is 49.4 Å². The van der Waals surface area contributed by atoms with Gasteiger partial charge in [0.15, 0.2) is 0 Å². The van der Waals surface area contributed by atoms with Crippen molar-refractivity contribution in [1.29, 1.82) is 0 Å². The number of fused-ring (bicyclic) bond motifs is 1. The van der Waals surface area contributed by atoms with Crippen LogP contribution in [0.25, 0.3) is 22.2 Å². The second-order valence-corrected chi connectivity index (χ2v) is 4.63. The number of primary amides is 1. The summed E-state index contributed by atoms with van der Waals surface area (Å²) in [7, 11) is 0. The maximum Gasteiger partial charge on any atom is 0.249 e. The van der Waals surface area contributed by atoms with Gasteiger partial charge < -0.3 is 10.7 Å². The fourth-order valence-corrected chi connectivity index (χ4v) is 2.44. The maximum atomic E-state index is 11.6. The van der Waals surface area contributed by atoms with Gasteiger partial charge >= 0.3 is 0 Å². The van der Waals surface area contributed by atoms with E-state index in [4.69, 9.17) is 5.73 Å². The van der Waals surface area contributed by atoms with Gasteiger partial charge in [0.05, 0.1) is 0 Å². The Bertz CT molecular complexity index is 738. The predicted molar refractivity (Wildman–Crippen MR) is 77.0 cm³/mol. The van der Waals surface area contributed by atoms with Gasteiger partial charge in [-0.3, -0.25) is 4.79 Å². The lowest BCUT2D eigenvalue weighted by Gasteiger charge is -2.08. The molecule has 0 saturated heterocycles. The number of rotatable bonds is 2.